The lowest BCUT2D eigenvalue weighted by Crippen LogP contribution is -2.41. The maximum absolute atomic E-state index is 10.7. The van der Waals surface area contributed by atoms with E-state index in [9.17, 15) is 9.59 Å². The molecule has 0 aromatic carbocycles. The average molecular weight is 162 g/mol. The van der Waals surface area contributed by atoms with Crippen LogP contribution in [0.5, 0.6) is 0 Å². The lowest BCUT2D eigenvalue weighted by molar-refractivity contribution is -0.132. The summed E-state index contributed by atoms with van der Waals surface area (Å²) < 4.78 is 0. The fourth-order valence-electron chi connectivity index (χ4n) is 0.705. The Labute approximate surface area is 66.7 Å². The van der Waals surface area contributed by atoms with Gasteiger partial charge < -0.3 is 5.84 Å². The van der Waals surface area contributed by atoms with Crippen LogP contribution in [-0.4, -0.2) is 23.1 Å². The van der Waals surface area contributed by atoms with Crippen LogP contribution in [0.25, 0.3) is 0 Å². The average Bonchev–Trinajstić information content (AvgIpc) is 2.10. The van der Waals surface area contributed by atoms with E-state index in [1.54, 1.807) is 0 Å². The van der Waals surface area contributed by atoms with Crippen molar-refractivity contribution in [1.82, 2.24) is 0 Å². The van der Waals surface area contributed by atoms with Crippen molar-refractivity contribution in [3.8, 4) is 6.19 Å². The molecular weight excluding hydrogens is 160 g/mol. The Hall–Kier alpha value is -2.25. The van der Waals surface area contributed by atoms with Gasteiger partial charge in [0.2, 0.25) is 12.0 Å². The van der Waals surface area contributed by atoms with E-state index in [2.05, 4.69) is 16.0 Å². The zero-order valence-electron chi connectivity index (χ0n) is 5.74. The van der Waals surface area contributed by atoms with E-state index in [-0.39, 0.29) is 11.3 Å². The summed E-state index contributed by atoms with van der Waals surface area (Å²) >= 11 is 0. The smallest absolute Gasteiger partial charge is 0.255 e. The molecule has 0 aliphatic heterocycles. The second-order valence-electron chi connectivity index (χ2n) is 1.83. The minimum Gasteiger partial charge on any atom is -0.315 e. The highest BCUT2D eigenvalue weighted by molar-refractivity contribution is 6.87. The van der Waals surface area contributed by atoms with Crippen LogP contribution in [0, 0.1) is 11.5 Å². The molecule has 6 heteroatoms. The van der Waals surface area contributed by atoms with Crippen molar-refractivity contribution in [3.05, 3.63) is 5.57 Å². The van der Waals surface area contributed by atoms with E-state index in [1.807, 2.05) is 0 Å². The molecule has 0 heterocycles. The van der Waals surface area contributed by atoms with Crippen LogP contribution in [-0.2, 0) is 9.59 Å². The van der Waals surface area contributed by atoms with Crippen LogP contribution in [0.4, 0.5) is 0 Å². The number of ketones is 2. The van der Waals surface area contributed by atoms with Gasteiger partial charge in [0.1, 0.15) is 11.3 Å². The predicted octanol–water partition coefficient (Wildman–Crippen LogP) is -1.47. The third kappa shape index (κ3) is 0.905. The molecular formula is C6H2N4O2. The van der Waals surface area contributed by atoms with Gasteiger partial charge >= 0.3 is 0 Å². The van der Waals surface area contributed by atoms with Crippen LogP contribution < -0.4 is 5.84 Å². The summed E-state index contributed by atoms with van der Waals surface area (Å²) in [5.74, 6) is 5.19. The maximum atomic E-state index is 10.7. The Morgan fingerprint density at radius 2 is 2.00 bits per heavy atom. The number of aliphatic imine (C=N–C) groups is 1. The molecule has 0 radical (unpaired) electrons. The minimum absolute atomic E-state index is 0.135. The van der Waals surface area contributed by atoms with Crippen LogP contribution in [0.15, 0.2) is 15.7 Å². The van der Waals surface area contributed by atoms with Gasteiger partial charge in [0.15, 0.2) is 0 Å². The van der Waals surface area contributed by atoms with Gasteiger partial charge in [-0.15, -0.1) is 5.10 Å². The molecule has 0 bridgehead atoms. The molecule has 0 amide bonds. The quantitative estimate of drug-likeness (QED) is 0.117. The van der Waals surface area contributed by atoms with Crippen molar-refractivity contribution in [2.24, 2.45) is 15.9 Å². The number of Topliss-reactive ketones (excluding diaryl/α,β-unsaturated/α-hetero) is 2. The van der Waals surface area contributed by atoms with Gasteiger partial charge in [-0.25, -0.2) is 0 Å². The Bertz CT molecular complexity index is 392. The van der Waals surface area contributed by atoms with Crippen LogP contribution in [0.3, 0.4) is 0 Å². The summed E-state index contributed by atoms with van der Waals surface area (Å²) in [6.45, 7) is 0. The highest BCUT2D eigenvalue weighted by Gasteiger charge is 2.41. The molecule has 1 aliphatic carbocycles. The van der Waals surface area contributed by atoms with Gasteiger partial charge in [0.05, 0.1) is 0 Å². The fourth-order valence-corrected chi connectivity index (χ4v) is 0.705. The largest absolute Gasteiger partial charge is 0.315 e. The standard InChI is InChI=1S/C6H2N4O2/c7-2-9-4-3(1-10-8)5(11)6(4)12/h8H2/b9-4+. The normalized spacial score (nSPS) is 18.2. The Kier molecular flexibility index (Phi) is 1.82. The monoisotopic (exact) mass is 162 g/mol. The number of allylic oxidation sites excluding steroid dienone is 1. The number of hydrogen-bond acceptors (Lipinski definition) is 6. The molecule has 1 fully saturated rings. The lowest BCUT2D eigenvalue weighted by atomic mass is 9.87. The van der Waals surface area contributed by atoms with Crippen molar-refractivity contribution in [2.75, 3.05) is 0 Å². The van der Waals surface area contributed by atoms with Crippen molar-refractivity contribution < 1.29 is 9.59 Å². The van der Waals surface area contributed by atoms with E-state index in [0.717, 1.165) is 0 Å². The van der Waals surface area contributed by atoms with Gasteiger partial charge in [-0.05, 0) is 0 Å². The molecule has 0 atom stereocenters. The topological polar surface area (TPSA) is 109 Å². The molecule has 1 rings (SSSR count). The van der Waals surface area contributed by atoms with Crippen LogP contribution in [0.2, 0.25) is 0 Å². The molecule has 0 aromatic heterocycles. The van der Waals surface area contributed by atoms with E-state index in [4.69, 9.17) is 11.1 Å². The molecule has 0 spiro atoms. The number of nitrogens with two attached hydrogens (primary N) is 1. The summed E-state index contributed by atoms with van der Waals surface area (Å²) in [5, 5.41) is 11.0. The Morgan fingerprint density at radius 1 is 1.33 bits per heavy atom. The molecule has 0 unspecified atom stereocenters. The molecule has 12 heavy (non-hydrogen) atoms. The second kappa shape index (κ2) is 2.78. The van der Waals surface area contributed by atoms with E-state index in [1.165, 1.54) is 6.19 Å². The van der Waals surface area contributed by atoms with Crippen LogP contribution in [0.1, 0.15) is 0 Å². The fraction of sp³-hybridized carbons (Fsp3) is 0. The van der Waals surface area contributed by atoms with Gasteiger partial charge in [-0.2, -0.15) is 10.3 Å². The zero-order chi connectivity index (χ0) is 9.14. The SMILES string of the molecule is N#C/N=C1/C(=O)C(=O)C1=C=NN. The number of carbonyl (C=O) groups excluding carboxylic acids is 2. The molecule has 0 saturated heterocycles. The third-order valence-electron chi connectivity index (χ3n) is 1.22. The Morgan fingerprint density at radius 3 is 2.50 bits per heavy atom. The number of rotatable bonds is 0. The first-order chi connectivity index (χ1) is 5.72. The first kappa shape index (κ1) is 7.85. The number of nitriles is 1. The van der Waals surface area contributed by atoms with Gasteiger partial charge in [0.25, 0.3) is 5.78 Å². The highest BCUT2D eigenvalue weighted by Crippen LogP contribution is 2.11. The minimum atomic E-state index is -0.803. The van der Waals surface area contributed by atoms with Crippen molar-refractivity contribution >= 4 is 23.1 Å². The van der Waals surface area contributed by atoms with Crippen molar-refractivity contribution in [1.29, 1.82) is 5.26 Å². The Balaban J connectivity index is 3.17. The summed E-state index contributed by atoms with van der Waals surface area (Å²) in [7, 11) is 0. The maximum Gasteiger partial charge on any atom is 0.255 e. The van der Waals surface area contributed by atoms with Crippen molar-refractivity contribution in [2.45, 2.75) is 0 Å². The molecule has 1 aliphatic rings. The molecule has 1 saturated carbocycles. The summed E-state index contributed by atoms with van der Waals surface area (Å²) in [6, 6.07) is 0. The molecule has 2 N–H and O–H groups in total. The molecule has 58 valence electrons. The van der Waals surface area contributed by atoms with Crippen molar-refractivity contribution in [3.63, 3.8) is 0 Å². The summed E-state index contributed by atoms with van der Waals surface area (Å²) in [4.78, 5) is 24.4. The summed E-state index contributed by atoms with van der Waals surface area (Å²) in [6.07, 6.45) is 1.38. The van der Waals surface area contributed by atoms with Crippen LogP contribution >= 0.6 is 0 Å². The number of hydrogen-bond donors (Lipinski definition) is 1. The molecule has 6 nitrogen and oxygen atoms in total. The predicted molar refractivity (Wildman–Crippen MR) is 38.2 cm³/mol. The first-order valence-electron chi connectivity index (χ1n) is 2.81. The lowest BCUT2D eigenvalue weighted by Gasteiger charge is -2.10. The van der Waals surface area contributed by atoms with E-state index < -0.39 is 11.6 Å². The number of hydrazone groups is 1. The third-order valence-corrected chi connectivity index (χ3v) is 1.22. The first-order valence-corrected chi connectivity index (χ1v) is 2.81. The van der Waals surface area contributed by atoms with E-state index in [0.29, 0.717) is 0 Å². The highest BCUT2D eigenvalue weighted by atomic mass is 16.2. The van der Waals surface area contributed by atoms with Gasteiger partial charge in [-0.1, -0.05) is 0 Å². The van der Waals surface area contributed by atoms with Gasteiger partial charge in [0, 0.05) is 5.87 Å². The van der Waals surface area contributed by atoms with Gasteiger partial charge in [-0.3, -0.25) is 9.59 Å². The summed E-state index contributed by atoms with van der Waals surface area (Å²) in [5.41, 5.74) is -0.360. The second-order valence-corrected chi connectivity index (χ2v) is 1.83. The number of nitrogens with zero attached hydrogens (tertiary/aromatic N) is 3. The molecule has 0 aromatic rings. The zero-order valence-corrected chi connectivity index (χ0v) is 5.74. The number of carbonyl (C=O) groups is 2. The van der Waals surface area contributed by atoms with E-state index >= 15 is 0 Å².